The second kappa shape index (κ2) is 8.39. The van der Waals surface area contributed by atoms with E-state index in [1.807, 2.05) is 0 Å². The zero-order valence-electron chi connectivity index (χ0n) is 15.0. The normalized spacial score (nSPS) is 14.6. The molecule has 27 heavy (non-hydrogen) atoms. The van der Waals surface area contributed by atoms with Crippen LogP contribution in [0.5, 0.6) is 5.75 Å². The number of benzene rings is 2. The van der Waals surface area contributed by atoms with E-state index in [4.69, 9.17) is 16.3 Å². The van der Waals surface area contributed by atoms with Gasteiger partial charge in [-0.1, -0.05) is 23.7 Å². The molecule has 0 aliphatic carbocycles. The van der Waals surface area contributed by atoms with Crippen LogP contribution >= 0.6 is 11.6 Å². The predicted octanol–water partition coefficient (Wildman–Crippen LogP) is 3.48. The third-order valence-electron chi connectivity index (χ3n) is 4.57. The lowest BCUT2D eigenvalue weighted by Crippen LogP contribution is -2.37. The molecule has 0 spiro atoms. The average molecular weight is 391 g/mol. The van der Waals surface area contributed by atoms with E-state index in [-0.39, 0.29) is 17.4 Å². The molecule has 1 aliphatic rings. The number of methoxy groups -OCH3 is 1. The first-order valence-electron chi connectivity index (χ1n) is 8.68. The van der Waals surface area contributed by atoms with Gasteiger partial charge < -0.3 is 14.5 Å². The van der Waals surface area contributed by atoms with E-state index in [1.165, 1.54) is 19.2 Å². The summed E-state index contributed by atoms with van der Waals surface area (Å²) in [4.78, 5) is 28.8. The van der Waals surface area contributed by atoms with Gasteiger partial charge in [-0.3, -0.25) is 9.59 Å². The van der Waals surface area contributed by atoms with Gasteiger partial charge in [-0.25, -0.2) is 4.39 Å². The van der Waals surface area contributed by atoms with Crippen molar-refractivity contribution < 1.29 is 18.7 Å². The highest BCUT2D eigenvalue weighted by molar-refractivity contribution is 6.31. The molecule has 0 unspecified atom stereocenters. The average Bonchev–Trinajstić information content (AvgIpc) is 2.93. The van der Waals surface area contributed by atoms with Crippen molar-refractivity contribution in [3.05, 3.63) is 64.4 Å². The van der Waals surface area contributed by atoms with E-state index >= 15 is 0 Å². The van der Waals surface area contributed by atoms with Crippen LogP contribution in [-0.2, 0) is 0 Å². The number of halogens is 2. The molecule has 0 bridgehead atoms. The van der Waals surface area contributed by atoms with E-state index in [2.05, 4.69) is 0 Å². The summed E-state index contributed by atoms with van der Waals surface area (Å²) in [5.74, 6) is -0.645. The maximum absolute atomic E-state index is 13.9. The van der Waals surface area contributed by atoms with Gasteiger partial charge in [0.15, 0.2) is 0 Å². The second-order valence-electron chi connectivity index (χ2n) is 6.26. The zero-order chi connectivity index (χ0) is 19.4. The Morgan fingerprint density at radius 2 is 1.59 bits per heavy atom. The minimum absolute atomic E-state index is 0.0498. The van der Waals surface area contributed by atoms with Gasteiger partial charge in [0.25, 0.3) is 11.8 Å². The molecule has 0 aromatic heterocycles. The van der Waals surface area contributed by atoms with Gasteiger partial charge in [0.2, 0.25) is 0 Å². The van der Waals surface area contributed by atoms with Crippen LogP contribution in [-0.4, -0.2) is 54.9 Å². The number of ether oxygens (including phenoxy) is 1. The number of rotatable bonds is 3. The van der Waals surface area contributed by atoms with Crippen LogP contribution in [0.1, 0.15) is 27.1 Å². The largest absolute Gasteiger partial charge is 0.496 e. The van der Waals surface area contributed by atoms with Gasteiger partial charge in [-0.15, -0.1) is 0 Å². The van der Waals surface area contributed by atoms with Gasteiger partial charge in [0.1, 0.15) is 11.6 Å². The van der Waals surface area contributed by atoms with Crippen LogP contribution < -0.4 is 4.74 Å². The molecule has 0 N–H and O–H groups in total. The monoisotopic (exact) mass is 390 g/mol. The molecule has 2 aromatic carbocycles. The van der Waals surface area contributed by atoms with Crippen molar-refractivity contribution in [2.45, 2.75) is 6.42 Å². The first kappa shape index (κ1) is 19.2. The Hall–Kier alpha value is -2.60. The highest BCUT2D eigenvalue weighted by atomic mass is 35.5. The van der Waals surface area contributed by atoms with Crippen molar-refractivity contribution >= 4 is 23.4 Å². The molecule has 1 fully saturated rings. The van der Waals surface area contributed by atoms with E-state index in [9.17, 15) is 14.0 Å². The van der Waals surface area contributed by atoms with Gasteiger partial charge >= 0.3 is 0 Å². The van der Waals surface area contributed by atoms with Crippen molar-refractivity contribution in [2.75, 3.05) is 33.3 Å². The molecule has 2 aromatic rings. The van der Waals surface area contributed by atoms with E-state index < -0.39 is 5.82 Å². The zero-order valence-corrected chi connectivity index (χ0v) is 15.7. The Morgan fingerprint density at radius 1 is 0.963 bits per heavy atom. The van der Waals surface area contributed by atoms with Crippen molar-refractivity contribution in [1.29, 1.82) is 0 Å². The summed E-state index contributed by atoms with van der Waals surface area (Å²) in [6.07, 6.45) is 0.606. The Balaban J connectivity index is 1.73. The van der Waals surface area contributed by atoms with Crippen LogP contribution in [0.2, 0.25) is 5.02 Å². The lowest BCUT2D eigenvalue weighted by atomic mass is 10.1. The molecule has 7 heteroatoms. The molecule has 1 aliphatic heterocycles. The second-order valence-corrected chi connectivity index (χ2v) is 6.70. The fourth-order valence-corrected chi connectivity index (χ4v) is 3.32. The summed E-state index contributed by atoms with van der Waals surface area (Å²) < 4.78 is 19.2. The highest BCUT2D eigenvalue weighted by Crippen LogP contribution is 2.24. The standard InChI is InChI=1S/C20H20ClFN2O3/c1-27-18-8-7-14(21)13-16(18)20(26)24-10-4-9-23(11-12-24)19(25)15-5-2-3-6-17(15)22/h2-3,5-8,13H,4,9-12H2,1H3. The summed E-state index contributed by atoms with van der Waals surface area (Å²) in [6, 6.07) is 10.8. The van der Waals surface area contributed by atoms with Gasteiger partial charge in [-0.05, 0) is 36.8 Å². The molecule has 1 heterocycles. The minimum Gasteiger partial charge on any atom is -0.496 e. The maximum Gasteiger partial charge on any atom is 0.257 e. The van der Waals surface area contributed by atoms with Crippen LogP contribution in [0, 0.1) is 5.82 Å². The molecule has 3 rings (SSSR count). The molecule has 0 radical (unpaired) electrons. The number of hydrogen-bond donors (Lipinski definition) is 0. The number of hydrogen-bond acceptors (Lipinski definition) is 3. The summed E-state index contributed by atoms with van der Waals surface area (Å²) in [5, 5.41) is 0.449. The molecule has 5 nitrogen and oxygen atoms in total. The first-order chi connectivity index (χ1) is 13.0. The Labute approximate surface area is 162 Å². The van der Waals surface area contributed by atoms with Crippen LogP contribution in [0.15, 0.2) is 42.5 Å². The van der Waals surface area contributed by atoms with E-state index in [1.54, 1.807) is 40.1 Å². The third-order valence-corrected chi connectivity index (χ3v) is 4.80. The molecule has 0 saturated carbocycles. The van der Waals surface area contributed by atoms with E-state index in [0.717, 1.165) is 0 Å². The Morgan fingerprint density at radius 3 is 2.22 bits per heavy atom. The molecule has 1 saturated heterocycles. The Bertz CT molecular complexity index is 859. The molecular weight excluding hydrogens is 371 g/mol. The lowest BCUT2D eigenvalue weighted by molar-refractivity contribution is 0.0714. The van der Waals surface area contributed by atoms with Crippen molar-refractivity contribution in [3.63, 3.8) is 0 Å². The molecular formula is C20H20ClFN2O3. The smallest absolute Gasteiger partial charge is 0.257 e. The predicted molar refractivity (Wildman–Crippen MR) is 101 cm³/mol. The number of nitrogens with zero attached hydrogens (tertiary/aromatic N) is 2. The quantitative estimate of drug-likeness (QED) is 0.806. The third kappa shape index (κ3) is 4.22. The van der Waals surface area contributed by atoms with Gasteiger partial charge in [0.05, 0.1) is 18.2 Å². The van der Waals surface area contributed by atoms with Gasteiger partial charge in [0, 0.05) is 31.2 Å². The van der Waals surface area contributed by atoms with Crippen molar-refractivity contribution in [3.8, 4) is 5.75 Å². The van der Waals surface area contributed by atoms with Crippen LogP contribution in [0.3, 0.4) is 0 Å². The summed E-state index contributed by atoms with van der Waals surface area (Å²) >= 11 is 6.02. The van der Waals surface area contributed by atoms with Crippen molar-refractivity contribution in [2.24, 2.45) is 0 Å². The molecule has 0 atom stereocenters. The fourth-order valence-electron chi connectivity index (χ4n) is 3.15. The van der Waals surface area contributed by atoms with Crippen LogP contribution in [0.25, 0.3) is 0 Å². The summed E-state index contributed by atoms with van der Waals surface area (Å²) in [6.45, 7) is 1.65. The summed E-state index contributed by atoms with van der Waals surface area (Å²) in [7, 11) is 1.50. The van der Waals surface area contributed by atoms with Gasteiger partial charge in [-0.2, -0.15) is 0 Å². The first-order valence-corrected chi connectivity index (χ1v) is 9.05. The molecule has 142 valence electrons. The highest BCUT2D eigenvalue weighted by Gasteiger charge is 2.26. The van der Waals surface area contributed by atoms with Crippen LogP contribution in [0.4, 0.5) is 4.39 Å². The SMILES string of the molecule is COc1ccc(Cl)cc1C(=O)N1CCCN(C(=O)c2ccccc2F)CC1. The minimum atomic E-state index is -0.539. The number of carbonyl (C=O) groups is 2. The maximum atomic E-state index is 13.9. The number of amides is 2. The lowest BCUT2D eigenvalue weighted by Gasteiger charge is -2.23. The molecule has 2 amide bonds. The van der Waals surface area contributed by atoms with Crippen molar-refractivity contribution in [1.82, 2.24) is 9.80 Å². The number of carbonyl (C=O) groups excluding carboxylic acids is 2. The Kier molecular flexibility index (Phi) is 5.96. The topological polar surface area (TPSA) is 49.9 Å². The van der Waals surface area contributed by atoms with E-state index in [0.29, 0.717) is 48.9 Å². The summed E-state index contributed by atoms with van der Waals surface area (Å²) in [5.41, 5.74) is 0.438. The fraction of sp³-hybridized carbons (Fsp3) is 0.300.